The Morgan fingerprint density at radius 1 is 1.40 bits per heavy atom. The van der Waals surface area contributed by atoms with E-state index in [2.05, 4.69) is 0 Å². The van der Waals surface area contributed by atoms with Gasteiger partial charge in [-0.1, -0.05) is 0 Å². The van der Waals surface area contributed by atoms with Gasteiger partial charge < -0.3 is 9.47 Å². The molecule has 0 saturated heterocycles. The van der Waals surface area contributed by atoms with Crippen LogP contribution in [0.5, 0.6) is 5.75 Å². The van der Waals surface area contributed by atoms with Crippen molar-refractivity contribution in [1.82, 2.24) is 0 Å². The first-order chi connectivity index (χ1) is 9.41. The molecule has 110 valence electrons. The summed E-state index contributed by atoms with van der Waals surface area (Å²) in [6.07, 6.45) is 2.14. The van der Waals surface area contributed by atoms with Gasteiger partial charge in [0.25, 0.3) is 0 Å². The summed E-state index contributed by atoms with van der Waals surface area (Å²) in [6.45, 7) is 2.40. The van der Waals surface area contributed by atoms with Gasteiger partial charge in [0.05, 0.1) is 18.8 Å². The second kappa shape index (κ2) is 5.80. The van der Waals surface area contributed by atoms with Gasteiger partial charge in [0.15, 0.2) is 0 Å². The Morgan fingerprint density at radius 3 is 2.65 bits per heavy atom. The first kappa shape index (κ1) is 14.8. The Hall–Kier alpha value is -1.60. The van der Waals surface area contributed by atoms with Crippen molar-refractivity contribution in [1.29, 1.82) is 0 Å². The van der Waals surface area contributed by atoms with Gasteiger partial charge in [0.1, 0.15) is 10.6 Å². The summed E-state index contributed by atoms with van der Waals surface area (Å²) < 4.78 is 33.3. The van der Waals surface area contributed by atoms with Crippen LogP contribution in [-0.2, 0) is 14.8 Å². The van der Waals surface area contributed by atoms with Gasteiger partial charge in [-0.25, -0.2) is 18.4 Å². The third-order valence-electron chi connectivity index (χ3n) is 2.93. The number of hydrogen-bond acceptors (Lipinski definition) is 5. The molecule has 0 bridgehead atoms. The van der Waals surface area contributed by atoms with Crippen LogP contribution in [0.1, 0.15) is 30.1 Å². The van der Waals surface area contributed by atoms with Crippen molar-refractivity contribution in [3.8, 4) is 5.75 Å². The second-order valence-corrected chi connectivity index (χ2v) is 6.21. The molecule has 1 saturated carbocycles. The lowest BCUT2D eigenvalue weighted by Crippen LogP contribution is -2.16. The molecule has 1 fully saturated rings. The largest absolute Gasteiger partial charge is 0.492 e. The SMILES string of the molecule is CCOc1ccc(C(=O)OCC2CC2)cc1S(N)(=O)=O. The number of ether oxygens (including phenoxy) is 2. The number of esters is 1. The third kappa shape index (κ3) is 3.71. The molecule has 1 aromatic rings. The molecule has 6 nitrogen and oxygen atoms in total. The van der Waals surface area contributed by atoms with Crippen molar-refractivity contribution in [3.63, 3.8) is 0 Å². The zero-order chi connectivity index (χ0) is 14.8. The van der Waals surface area contributed by atoms with E-state index in [1.54, 1.807) is 6.92 Å². The summed E-state index contributed by atoms with van der Waals surface area (Å²) in [5.74, 6) is 0.0259. The van der Waals surface area contributed by atoms with Crippen LogP contribution in [0, 0.1) is 5.92 Å². The van der Waals surface area contributed by atoms with Gasteiger partial charge in [-0.05, 0) is 43.9 Å². The zero-order valence-corrected chi connectivity index (χ0v) is 12.0. The fourth-order valence-electron chi connectivity index (χ4n) is 1.69. The lowest BCUT2D eigenvalue weighted by atomic mass is 10.2. The molecule has 2 rings (SSSR count). The number of hydrogen-bond donors (Lipinski definition) is 1. The molecule has 20 heavy (non-hydrogen) atoms. The van der Waals surface area contributed by atoms with Crippen molar-refractivity contribution in [2.75, 3.05) is 13.2 Å². The fourth-order valence-corrected chi connectivity index (χ4v) is 2.39. The molecule has 0 radical (unpaired) electrons. The van der Waals surface area contributed by atoms with E-state index in [0.29, 0.717) is 19.1 Å². The van der Waals surface area contributed by atoms with E-state index in [-0.39, 0.29) is 16.2 Å². The molecule has 0 unspecified atom stereocenters. The van der Waals surface area contributed by atoms with E-state index >= 15 is 0 Å². The highest BCUT2D eigenvalue weighted by Crippen LogP contribution is 2.29. The lowest BCUT2D eigenvalue weighted by molar-refractivity contribution is 0.0486. The average molecular weight is 299 g/mol. The quantitative estimate of drug-likeness (QED) is 0.799. The fraction of sp³-hybridized carbons (Fsp3) is 0.462. The number of benzene rings is 1. The molecule has 2 N–H and O–H groups in total. The molecule has 1 aliphatic rings. The molecule has 0 atom stereocenters. The van der Waals surface area contributed by atoms with Crippen LogP contribution in [0.3, 0.4) is 0 Å². The van der Waals surface area contributed by atoms with Crippen LogP contribution in [0.15, 0.2) is 23.1 Å². The highest BCUT2D eigenvalue weighted by Gasteiger charge is 2.24. The summed E-state index contributed by atoms with van der Waals surface area (Å²) in [5.41, 5.74) is 0.151. The summed E-state index contributed by atoms with van der Waals surface area (Å²) >= 11 is 0. The Balaban J connectivity index is 2.23. The van der Waals surface area contributed by atoms with Gasteiger partial charge in [-0.2, -0.15) is 0 Å². The Morgan fingerprint density at radius 2 is 2.10 bits per heavy atom. The van der Waals surface area contributed by atoms with Crippen LogP contribution >= 0.6 is 0 Å². The minimum atomic E-state index is -3.96. The van der Waals surface area contributed by atoms with Crippen LogP contribution in [0.25, 0.3) is 0 Å². The number of primary sulfonamides is 1. The molecule has 1 aliphatic carbocycles. The van der Waals surface area contributed by atoms with Crippen molar-refractivity contribution >= 4 is 16.0 Å². The smallest absolute Gasteiger partial charge is 0.338 e. The van der Waals surface area contributed by atoms with E-state index in [4.69, 9.17) is 14.6 Å². The van der Waals surface area contributed by atoms with Crippen molar-refractivity contribution in [3.05, 3.63) is 23.8 Å². The lowest BCUT2D eigenvalue weighted by Gasteiger charge is -2.10. The monoisotopic (exact) mass is 299 g/mol. The molecule has 7 heteroatoms. The normalized spacial score (nSPS) is 14.9. The van der Waals surface area contributed by atoms with Gasteiger partial charge >= 0.3 is 5.97 Å². The molecular weight excluding hydrogens is 282 g/mol. The molecule has 1 aromatic carbocycles. The number of nitrogens with two attached hydrogens (primary N) is 1. The first-order valence-corrected chi connectivity index (χ1v) is 7.93. The van der Waals surface area contributed by atoms with Crippen molar-refractivity contribution in [2.24, 2.45) is 11.1 Å². The number of carbonyl (C=O) groups is 1. The Labute approximate surface area is 117 Å². The average Bonchev–Trinajstić information content (AvgIpc) is 3.19. The molecule has 0 heterocycles. The molecule has 0 spiro atoms. The van der Waals surface area contributed by atoms with Gasteiger partial charge in [-0.3, -0.25) is 0 Å². The maximum atomic E-state index is 11.8. The number of carbonyl (C=O) groups excluding carboxylic acids is 1. The third-order valence-corrected chi connectivity index (χ3v) is 3.86. The molecule has 0 aliphatic heterocycles. The predicted octanol–water partition coefficient (Wildman–Crippen LogP) is 1.30. The van der Waals surface area contributed by atoms with Crippen molar-refractivity contribution < 1.29 is 22.7 Å². The molecular formula is C13H17NO5S. The maximum Gasteiger partial charge on any atom is 0.338 e. The van der Waals surface area contributed by atoms with Crippen LogP contribution < -0.4 is 9.88 Å². The zero-order valence-electron chi connectivity index (χ0n) is 11.2. The maximum absolute atomic E-state index is 11.8. The Kier molecular flexibility index (Phi) is 4.29. The summed E-state index contributed by atoms with van der Waals surface area (Å²) in [4.78, 5) is 11.6. The number of rotatable bonds is 6. The highest BCUT2D eigenvalue weighted by atomic mass is 32.2. The van der Waals surface area contributed by atoms with Crippen molar-refractivity contribution in [2.45, 2.75) is 24.7 Å². The van der Waals surface area contributed by atoms with Crippen LogP contribution in [0.4, 0.5) is 0 Å². The highest BCUT2D eigenvalue weighted by molar-refractivity contribution is 7.89. The summed E-state index contributed by atoms with van der Waals surface area (Å²) in [7, 11) is -3.96. The van der Waals surface area contributed by atoms with Gasteiger partial charge in [-0.15, -0.1) is 0 Å². The summed E-state index contributed by atoms with van der Waals surface area (Å²) in [6, 6.07) is 4.07. The standard InChI is InChI=1S/C13H17NO5S/c1-2-18-11-6-5-10(7-12(11)20(14,16)17)13(15)19-8-9-3-4-9/h5-7,9H,2-4,8H2,1H3,(H2,14,16,17). The minimum Gasteiger partial charge on any atom is -0.492 e. The van der Waals surface area contributed by atoms with E-state index < -0.39 is 16.0 Å². The topological polar surface area (TPSA) is 95.7 Å². The van der Waals surface area contributed by atoms with E-state index in [9.17, 15) is 13.2 Å². The summed E-state index contributed by atoms with van der Waals surface area (Å²) in [5, 5.41) is 5.13. The van der Waals surface area contributed by atoms with E-state index in [0.717, 1.165) is 12.8 Å². The Bertz CT molecular complexity index is 607. The van der Waals surface area contributed by atoms with Gasteiger partial charge in [0.2, 0.25) is 10.0 Å². The molecule has 0 aromatic heterocycles. The van der Waals surface area contributed by atoms with E-state index in [1.165, 1.54) is 18.2 Å². The molecule has 0 amide bonds. The van der Waals surface area contributed by atoms with Crippen LogP contribution in [-0.4, -0.2) is 27.6 Å². The van der Waals surface area contributed by atoms with Gasteiger partial charge in [0, 0.05) is 0 Å². The second-order valence-electron chi connectivity index (χ2n) is 4.68. The number of sulfonamides is 1. The van der Waals surface area contributed by atoms with Crippen LogP contribution in [0.2, 0.25) is 0 Å². The minimum absolute atomic E-state index is 0.133. The van der Waals surface area contributed by atoms with E-state index in [1.807, 2.05) is 0 Å². The first-order valence-electron chi connectivity index (χ1n) is 6.38. The predicted molar refractivity (Wildman–Crippen MR) is 72.0 cm³/mol.